The molecule has 2 heterocycles. The molecule has 7 heteroatoms. The zero-order valence-corrected chi connectivity index (χ0v) is 14.4. The van der Waals surface area contributed by atoms with Crippen molar-refractivity contribution in [2.75, 3.05) is 18.9 Å². The first-order valence-electron chi connectivity index (χ1n) is 8.41. The average molecular weight is 353 g/mol. The van der Waals surface area contributed by atoms with E-state index in [1.807, 2.05) is 41.8 Å². The summed E-state index contributed by atoms with van der Waals surface area (Å²) >= 11 is 0. The lowest BCUT2D eigenvalue weighted by Crippen LogP contribution is -2.15. The zero-order valence-electron chi connectivity index (χ0n) is 14.4. The fraction of sp³-hybridized carbons (Fsp3) is 0.263. The number of ether oxygens (including phenoxy) is 2. The Morgan fingerprint density at radius 3 is 2.65 bits per heavy atom. The second-order valence-corrected chi connectivity index (χ2v) is 6.29. The van der Waals surface area contributed by atoms with Gasteiger partial charge in [-0.3, -0.25) is 4.79 Å². The third kappa shape index (κ3) is 2.81. The second-order valence-electron chi connectivity index (χ2n) is 6.29. The summed E-state index contributed by atoms with van der Waals surface area (Å²) in [6.45, 7) is 3.23. The number of carbonyl (C=O) groups is 1. The number of imidazole rings is 1. The number of aryl methyl sites for hydroxylation is 2. The molecular weight excluding hydrogens is 334 g/mol. The maximum atomic E-state index is 11.1. The summed E-state index contributed by atoms with van der Waals surface area (Å²) < 4.78 is 13.2. The van der Waals surface area contributed by atoms with Gasteiger partial charge < -0.3 is 24.9 Å². The molecule has 0 spiro atoms. The molecule has 3 aromatic rings. The molecule has 0 unspecified atom stereocenters. The van der Waals surface area contributed by atoms with Crippen LogP contribution in [0.4, 0.5) is 5.69 Å². The van der Waals surface area contributed by atoms with Crippen molar-refractivity contribution < 1.29 is 19.4 Å². The van der Waals surface area contributed by atoms with Crippen LogP contribution < -0.4 is 15.2 Å². The van der Waals surface area contributed by atoms with E-state index in [9.17, 15) is 4.79 Å². The molecule has 0 amide bonds. The molecular formula is C19H19N3O4. The number of anilines is 1. The van der Waals surface area contributed by atoms with Crippen LogP contribution in [0, 0.1) is 6.92 Å². The largest absolute Gasteiger partial charge is 0.486 e. The van der Waals surface area contributed by atoms with E-state index < -0.39 is 5.97 Å². The highest BCUT2D eigenvalue weighted by Gasteiger charge is 2.19. The first kappa shape index (κ1) is 16.3. The van der Waals surface area contributed by atoms with Crippen LogP contribution in [0.5, 0.6) is 11.5 Å². The quantitative estimate of drug-likeness (QED) is 0.700. The van der Waals surface area contributed by atoms with Crippen LogP contribution in [-0.2, 0) is 11.3 Å². The summed E-state index contributed by atoms with van der Waals surface area (Å²) in [5, 5.41) is 9.12. The topological polar surface area (TPSA) is 99.6 Å². The molecule has 1 aromatic heterocycles. The van der Waals surface area contributed by atoms with Gasteiger partial charge in [0.05, 0.1) is 17.5 Å². The van der Waals surface area contributed by atoms with E-state index in [1.54, 1.807) is 0 Å². The fourth-order valence-corrected chi connectivity index (χ4v) is 3.10. The molecule has 134 valence electrons. The van der Waals surface area contributed by atoms with Crippen LogP contribution in [0.15, 0.2) is 30.3 Å². The first-order chi connectivity index (χ1) is 12.5. The Hall–Kier alpha value is -3.22. The lowest BCUT2D eigenvalue weighted by Gasteiger charge is -2.18. The van der Waals surface area contributed by atoms with Gasteiger partial charge in [0.25, 0.3) is 0 Å². The van der Waals surface area contributed by atoms with Crippen molar-refractivity contribution in [3.05, 3.63) is 35.9 Å². The Kier molecular flexibility index (Phi) is 3.91. The Labute approximate surface area is 150 Å². The van der Waals surface area contributed by atoms with Gasteiger partial charge in [-0.05, 0) is 18.6 Å². The standard InChI is InChI=1S/C19H19N3O4/c1-11-2-3-12(8-13(11)20)19-21-14-9-16-17(26-7-6-25-16)10-15(14)22(19)5-4-18(23)24/h2-3,8-10H,4-7,20H2,1H3,(H,23,24). The summed E-state index contributed by atoms with van der Waals surface area (Å²) in [5.74, 6) is 1.12. The molecule has 3 N–H and O–H groups in total. The fourth-order valence-electron chi connectivity index (χ4n) is 3.10. The number of hydrogen-bond donors (Lipinski definition) is 2. The second kappa shape index (κ2) is 6.25. The van der Waals surface area contributed by atoms with Crippen molar-refractivity contribution in [2.45, 2.75) is 19.9 Å². The predicted octanol–water partition coefficient (Wildman–Crippen LogP) is 2.84. The van der Waals surface area contributed by atoms with Crippen molar-refractivity contribution in [3.63, 3.8) is 0 Å². The van der Waals surface area contributed by atoms with Crippen molar-refractivity contribution in [1.29, 1.82) is 0 Å². The molecule has 1 aliphatic heterocycles. The number of nitrogens with zero attached hydrogens (tertiary/aromatic N) is 2. The molecule has 0 atom stereocenters. The molecule has 1 aliphatic rings. The number of benzene rings is 2. The molecule has 2 aromatic carbocycles. The minimum Gasteiger partial charge on any atom is -0.486 e. The van der Waals surface area contributed by atoms with Gasteiger partial charge in [0.1, 0.15) is 19.0 Å². The molecule has 26 heavy (non-hydrogen) atoms. The SMILES string of the molecule is Cc1ccc(-c2nc3cc4c(cc3n2CCC(=O)O)OCCO4)cc1N. The van der Waals surface area contributed by atoms with Gasteiger partial charge in [0, 0.05) is 29.9 Å². The van der Waals surface area contributed by atoms with E-state index in [2.05, 4.69) is 0 Å². The van der Waals surface area contributed by atoms with Gasteiger partial charge in [0.2, 0.25) is 0 Å². The average Bonchev–Trinajstić information content (AvgIpc) is 2.97. The van der Waals surface area contributed by atoms with Gasteiger partial charge in [-0.1, -0.05) is 12.1 Å². The minimum atomic E-state index is -0.862. The van der Waals surface area contributed by atoms with E-state index in [0.717, 1.165) is 22.2 Å². The number of rotatable bonds is 4. The summed E-state index contributed by atoms with van der Waals surface area (Å²) in [6.07, 6.45) is -0.00571. The Morgan fingerprint density at radius 2 is 1.96 bits per heavy atom. The first-order valence-corrected chi connectivity index (χ1v) is 8.41. The van der Waals surface area contributed by atoms with Crippen LogP contribution >= 0.6 is 0 Å². The lowest BCUT2D eigenvalue weighted by atomic mass is 10.1. The lowest BCUT2D eigenvalue weighted by molar-refractivity contribution is -0.137. The summed E-state index contributed by atoms with van der Waals surface area (Å²) in [5.41, 5.74) is 10.1. The molecule has 0 aliphatic carbocycles. The van der Waals surface area contributed by atoms with Crippen molar-refractivity contribution >= 4 is 22.7 Å². The third-order valence-electron chi connectivity index (χ3n) is 4.50. The maximum absolute atomic E-state index is 11.1. The maximum Gasteiger partial charge on any atom is 0.305 e. The Morgan fingerprint density at radius 1 is 1.23 bits per heavy atom. The number of aromatic nitrogens is 2. The van der Waals surface area contributed by atoms with Gasteiger partial charge in [-0.25, -0.2) is 4.98 Å². The predicted molar refractivity (Wildman–Crippen MR) is 97.6 cm³/mol. The van der Waals surface area contributed by atoms with E-state index >= 15 is 0 Å². The molecule has 7 nitrogen and oxygen atoms in total. The molecule has 0 radical (unpaired) electrons. The van der Waals surface area contributed by atoms with Crippen LogP contribution in [0.1, 0.15) is 12.0 Å². The van der Waals surface area contributed by atoms with Crippen LogP contribution in [0.25, 0.3) is 22.4 Å². The summed E-state index contributed by atoms with van der Waals surface area (Å²) in [4.78, 5) is 15.8. The molecule has 0 fully saturated rings. The molecule has 0 bridgehead atoms. The van der Waals surface area contributed by atoms with Crippen molar-refractivity contribution in [2.24, 2.45) is 0 Å². The number of nitrogens with two attached hydrogens (primary N) is 1. The number of nitrogen functional groups attached to an aromatic ring is 1. The van der Waals surface area contributed by atoms with Crippen LogP contribution in [0.2, 0.25) is 0 Å². The number of carboxylic acid groups (broad SMARTS) is 1. The van der Waals surface area contributed by atoms with E-state index in [-0.39, 0.29) is 6.42 Å². The van der Waals surface area contributed by atoms with Gasteiger partial charge in [0.15, 0.2) is 11.5 Å². The van der Waals surface area contributed by atoms with Crippen LogP contribution in [0.3, 0.4) is 0 Å². The van der Waals surface area contributed by atoms with Crippen molar-refractivity contribution in [1.82, 2.24) is 9.55 Å². The van der Waals surface area contributed by atoms with Gasteiger partial charge in [-0.2, -0.15) is 0 Å². The Balaban J connectivity index is 1.90. The summed E-state index contributed by atoms with van der Waals surface area (Å²) in [6, 6.07) is 9.43. The summed E-state index contributed by atoms with van der Waals surface area (Å²) in [7, 11) is 0. The van der Waals surface area contributed by atoms with Gasteiger partial charge in [-0.15, -0.1) is 0 Å². The smallest absolute Gasteiger partial charge is 0.305 e. The highest BCUT2D eigenvalue weighted by molar-refractivity contribution is 5.85. The molecule has 0 saturated heterocycles. The monoisotopic (exact) mass is 353 g/mol. The van der Waals surface area contributed by atoms with E-state index in [4.69, 9.17) is 25.3 Å². The van der Waals surface area contributed by atoms with Crippen LogP contribution in [-0.4, -0.2) is 33.8 Å². The van der Waals surface area contributed by atoms with E-state index in [1.165, 1.54) is 0 Å². The normalized spacial score (nSPS) is 13.1. The number of carboxylic acids is 1. The minimum absolute atomic E-state index is 0.00571. The molecule has 0 saturated carbocycles. The molecule has 4 rings (SSSR count). The zero-order chi connectivity index (χ0) is 18.3. The number of fused-ring (bicyclic) bond motifs is 2. The number of aliphatic carboxylic acids is 1. The number of hydrogen-bond acceptors (Lipinski definition) is 5. The highest BCUT2D eigenvalue weighted by Crippen LogP contribution is 2.36. The van der Waals surface area contributed by atoms with E-state index in [0.29, 0.717) is 42.8 Å². The Bertz CT molecular complexity index is 1010. The van der Waals surface area contributed by atoms with Crippen molar-refractivity contribution in [3.8, 4) is 22.9 Å². The third-order valence-corrected chi connectivity index (χ3v) is 4.50. The highest BCUT2D eigenvalue weighted by atomic mass is 16.6. The van der Waals surface area contributed by atoms with Gasteiger partial charge >= 0.3 is 5.97 Å².